The van der Waals surface area contributed by atoms with E-state index in [1.54, 1.807) is 31.2 Å². The zero-order valence-corrected chi connectivity index (χ0v) is 10.7. The molecule has 0 radical (unpaired) electrons. The zero-order valence-electron chi connectivity index (χ0n) is 9.14. The zero-order chi connectivity index (χ0) is 12.8. The van der Waals surface area contributed by atoms with Crippen LogP contribution in [0.25, 0.3) is 0 Å². The monoisotopic (exact) mass is 301 g/mol. The molecule has 1 amide bonds. The van der Waals surface area contributed by atoms with Crippen molar-refractivity contribution in [3.05, 3.63) is 34.3 Å². The highest BCUT2D eigenvalue weighted by Crippen LogP contribution is 2.10. The molecule has 1 aromatic rings. The van der Waals surface area contributed by atoms with Gasteiger partial charge in [0.15, 0.2) is 0 Å². The number of rotatable bonds is 4. The number of carbonyl (C=O) groups excluding carboxylic acids is 2. The van der Waals surface area contributed by atoms with Crippen LogP contribution in [0.5, 0.6) is 0 Å². The molecule has 0 saturated carbocycles. The maximum Gasteiger partial charge on any atom is 0.356 e. The standard InChI is InChI=1S/C11H12BrNO4/c1-2-17-11(16)10(15)13-9(14)7-3-5-8(12)6-4-7/h3-6,10,15H,2H2,1H3,(H,13,14). The second-order valence-corrected chi connectivity index (χ2v) is 4.05. The molecule has 92 valence electrons. The van der Waals surface area contributed by atoms with Gasteiger partial charge in [0.25, 0.3) is 5.91 Å². The number of halogens is 1. The maximum absolute atomic E-state index is 11.6. The summed E-state index contributed by atoms with van der Waals surface area (Å²) in [4.78, 5) is 22.7. The molecule has 1 aromatic carbocycles. The Labute approximate surface area is 107 Å². The van der Waals surface area contributed by atoms with E-state index >= 15 is 0 Å². The lowest BCUT2D eigenvalue weighted by Crippen LogP contribution is -2.41. The summed E-state index contributed by atoms with van der Waals surface area (Å²) < 4.78 is 5.38. The lowest BCUT2D eigenvalue weighted by atomic mass is 10.2. The maximum atomic E-state index is 11.6. The number of amides is 1. The number of carbonyl (C=O) groups is 2. The third-order valence-corrected chi connectivity index (χ3v) is 2.41. The van der Waals surface area contributed by atoms with E-state index in [1.165, 1.54) is 0 Å². The third kappa shape index (κ3) is 4.16. The number of benzene rings is 1. The van der Waals surface area contributed by atoms with Crippen molar-refractivity contribution >= 4 is 27.8 Å². The Bertz CT molecular complexity index is 404. The Morgan fingerprint density at radius 1 is 1.41 bits per heavy atom. The fourth-order valence-electron chi connectivity index (χ4n) is 1.09. The van der Waals surface area contributed by atoms with Gasteiger partial charge in [0.2, 0.25) is 6.23 Å². The first-order chi connectivity index (χ1) is 8.04. The Balaban J connectivity index is 2.60. The summed E-state index contributed by atoms with van der Waals surface area (Å²) in [6.45, 7) is 1.76. The van der Waals surface area contributed by atoms with Crippen LogP contribution in [-0.4, -0.2) is 29.8 Å². The average molecular weight is 302 g/mol. The Morgan fingerprint density at radius 3 is 2.53 bits per heavy atom. The average Bonchev–Trinajstić information content (AvgIpc) is 2.30. The lowest BCUT2D eigenvalue weighted by Gasteiger charge is -2.11. The second kappa shape index (κ2) is 6.36. The molecule has 17 heavy (non-hydrogen) atoms. The van der Waals surface area contributed by atoms with Gasteiger partial charge in [0.1, 0.15) is 0 Å². The minimum atomic E-state index is -1.65. The summed E-state index contributed by atoms with van der Waals surface area (Å²) in [6, 6.07) is 6.51. The molecule has 0 aliphatic carbocycles. The lowest BCUT2D eigenvalue weighted by molar-refractivity contribution is -0.154. The largest absolute Gasteiger partial charge is 0.463 e. The van der Waals surface area contributed by atoms with Gasteiger partial charge >= 0.3 is 5.97 Å². The Morgan fingerprint density at radius 2 is 2.00 bits per heavy atom. The van der Waals surface area contributed by atoms with Gasteiger partial charge in [0.05, 0.1) is 6.61 Å². The smallest absolute Gasteiger partial charge is 0.356 e. The van der Waals surface area contributed by atoms with Crippen LogP contribution in [0.2, 0.25) is 0 Å². The second-order valence-electron chi connectivity index (χ2n) is 3.13. The highest BCUT2D eigenvalue weighted by atomic mass is 79.9. The number of aliphatic hydroxyl groups excluding tert-OH is 1. The van der Waals surface area contributed by atoms with E-state index in [0.29, 0.717) is 5.56 Å². The third-order valence-electron chi connectivity index (χ3n) is 1.88. The van der Waals surface area contributed by atoms with Crippen LogP contribution < -0.4 is 5.32 Å². The molecule has 0 aliphatic rings. The fraction of sp³-hybridized carbons (Fsp3) is 0.273. The highest BCUT2D eigenvalue weighted by Gasteiger charge is 2.19. The van der Waals surface area contributed by atoms with Crippen molar-refractivity contribution in [2.75, 3.05) is 6.61 Å². The van der Waals surface area contributed by atoms with Gasteiger partial charge in [0, 0.05) is 10.0 Å². The van der Waals surface area contributed by atoms with Crippen LogP contribution >= 0.6 is 15.9 Å². The van der Waals surface area contributed by atoms with Crippen LogP contribution in [0.15, 0.2) is 28.7 Å². The predicted octanol–water partition coefficient (Wildman–Crippen LogP) is 1.06. The topological polar surface area (TPSA) is 75.6 Å². The summed E-state index contributed by atoms with van der Waals surface area (Å²) in [6.07, 6.45) is -1.65. The van der Waals surface area contributed by atoms with Gasteiger partial charge in [-0.1, -0.05) is 15.9 Å². The van der Waals surface area contributed by atoms with E-state index in [0.717, 1.165) is 4.47 Å². The molecule has 5 nitrogen and oxygen atoms in total. The fourth-order valence-corrected chi connectivity index (χ4v) is 1.35. The summed E-state index contributed by atoms with van der Waals surface area (Å²) in [5.41, 5.74) is 0.344. The van der Waals surface area contributed by atoms with E-state index < -0.39 is 18.1 Å². The van der Waals surface area contributed by atoms with Crippen LogP contribution in [0, 0.1) is 0 Å². The SMILES string of the molecule is CCOC(=O)C(O)NC(=O)c1ccc(Br)cc1. The number of ether oxygens (including phenoxy) is 1. The molecule has 0 aliphatic heterocycles. The number of hydrogen-bond donors (Lipinski definition) is 2. The first-order valence-electron chi connectivity index (χ1n) is 4.95. The molecule has 1 atom stereocenters. The number of nitrogens with one attached hydrogen (secondary N) is 1. The summed E-state index contributed by atoms with van der Waals surface area (Å²) in [5, 5.41) is 11.4. The van der Waals surface area contributed by atoms with Crippen LogP contribution in [0.1, 0.15) is 17.3 Å². The van der Waals surface area contributed by atoms with E-state index in [4.69, 9.17) is 0 Å². The number of aliphatic hydroxyl groups is 1. The molecule has 0 spiro atoms. The summed E-state index contributed by atoms with van der Waals surface area (Å²) in [5.74, 6) is -1.42. The van der Waals surface area contributed by atoms with E-state index in [9.17, 15) is 14.7 Å². The molecule has 2 N–H and O–H groups in total. The molecular weight excluding hydrogens is 290 g/mol. The van der Waals surface area contributed by atoms with Crippen LogP contribution in [0.4, 0.5) is 0 Å². The van der Waals surface area contributed by atoms with Crippen molar-refractivity contribution in [3.8, 4) is 0 Å². The van der Waals surface area contributed by atoms with E-state index in [2.05, 4.69) is 26.0 Å². The Kier molecular flexibility index (Phi) is 5.11. The predicted molar refractivity (Wildman–Crippen MR) is 64.2 cm³/mol. The molecular formula is C11H12BrNO4. The van der Waals surface area contributed by atoms with Crippen molar-refractivity contribution in [1.29, 1.82) is 0 Å². The molecule has 1 rings (SSSR count). The van der Waals surface area contributed by atoms with Crippen molar-refractivity contribution in [2.24, 2.45) is 0 Å². The van der Waals surface area contributed by atoms with Gasteiger partial charge < -0.3 is 15.2 Å². The summed E-state index contributed by atoms with van der Waals surface area (Å²) in [7, 11) is 0. The quantitative estimate of drug-likeness (QED) is 0.644. The minimum Gasteiger partial charge on any atom is -0.463 e. The molecule has 0 aromatic heterocycles. The first kappa shape index (κ1) is 13.7. The van der Waals surface area contributed by atoms with Gasteiger partial charge in [-0.15, -0.1) is 0 Å². The van der Waals surface area contributed by atoms with E-state index in [1.807, 2.05) is 0 Å². The molecule has 6 heteroatoms. The summed E-state index contributed by atoms with van der Waals surface area (Å²) >= 11 is 3.23. The first-order valence-corrected chi connectivity index (χ1v) is 5.75. The highest BCUT2D eigenvalue weighted by molar-refractivity contribution is 9.10. The number of esters is 1. The van der Waals surface area contributed by atoms with Crippen molar-refractivity contribution < 1.29 is 19.4 Å². The van der Waals surface area contributed by atoms with Crippen molar-refractivity contribution in [1.82, 2.24) is 5.32 Å². The van der Waals surface area contributed by atoms with Gasteiger partial charge in [-0.25, -0.2) is 4.79 Å². The van der Waals surface area contributed by atoms with Crippen molar-refractivity contribution in [2.45, 2.75) is 13.2 Å². The van der Waals surface area contributed by atoms with Crippen LogP contribution in [0.3, 0.4) is 0 Å². The van der Waals surface area contributed by atoms with E-state index in [-0.39, 0.29) is 6.61 Å². The van der Waals surface area contributed by atoms with Crippen molar-refractivity contribution in [3.63, 3.8) is 0 Å². The van der Waals surface area contributed by atoms with Gasteiger partial charge in [-0.2, -0.15) is 0 Å². The minimum absolute atomic E-state index is 0.143. The molecule has 0 saturated heterocycles. The number of hydrogen-bond acceptors (Lipinski definition) is 4. The van der Waals surface area contributed by atoms with Crippen LogP contribution in [-0.2, 0) is 9.53 Å². The van der Waals surface area contributed by atoms with Gasteiger partial charge in [-0.05, 0) is 31.2 Å². The normalized spacial score (nSPS) is 11.7. The molecule has 0 fully saturated rings. The molecule has 0 heterocycles. The Hall–Kier alpha value is -1.40. The molecule has 1 unspecified atom stereocenters. The molecule has 0 bridgehead atoms. The van der Waals surface area contributed by atoms with Gasteiger partial charge in [-0.3, -0.25) is 4.79 Å².